The fourth-order valence-corrected chi connectivity index (χ4v) is 8.93. The zero-order valence-electron chi connectivity index (χ0n) is 36.6. The molecular formula is C46H48FN9O11. The minimum atomic E-state index is -2.05. The number of esters is 1. The van der Waals surface area contributed by atoms with Crippen LogP contribution in [0.1, 0.15) is 64.8 Å². The van der Waals surface area contributed by atoms with Crippen molar-refractivity contribution in [3.8, 4) is 11.4 Å². The number of pyridine rings is 2. The second-order valence-electron chi connectivity index (χ2n) is 16.5. The van der Waals surface area contributed by atoms with Crippen molar-refractivity contribution < 1.29 is 42.9 Å². The van der Waals surface area contributed by atoms with Crippen molar-refractivity contribution in [1.82, 2.24) is 30.8 Å². The van der Waals surface area contributed by atoms with Gasteiger partial charge in [-0.05, 0) is 54.5 Å². The van der Waals surface area contributed by atoms with Gasteiger partial charge in [0, 0.05) is 35.5 Å². The van der Waals surface area contributed by atoms with Gasteiger partial charge in [0.05, 0.1) is 61.3 Å². The van der Waals surface area contributed by atoms with E-state index in [1.165, 1.54) is 10.6 Å². The topological polar surface area (TPSA) is 291 Å². The second-order valence-corrected chi connectivity index (χ2v) is 16.5. The largest absolute Gasteiger partial charge is 0.458 e. The molecule has 3 aromatic carbocycles. The van der Waals surface area contributed by atoms with Gasteiger partial charge in [0.1, 0.15) is 36.6 Å². The van der Waals surface area contributed by atoms with Crippen LogP contribution in [-0.2, 0) is 65.0 Å². The lowest BCUT2D eigenvalue weighted by molar-refractivity contribution is -0.172. The first kappa shape index (κ1) is 46.2. The summed E-state index contributed by atoms with van der Waals surface area (Å²) >= 11 is 0. The van der Waals surface area contributed by atoms with Gasteiger partial charge in [-0.15, -0.1) is 0 Å². The van der Waals surface area contributed by atoms with E-state index in [4.69, 9.17) is 20.2 Å². The number of nitrogens with zero attached hydrogens (tertiary/aromatic N) is 2. The summed E-state index contributed by atoms with van der Waals surface area (Å²) in [4.78, 5) is 107. The zero-order chi connectivity index (χ0) is 47.7. The Morgan fingerprint density at radius 2 is 1.73 bits per heavy atom. The predicted molar refractivity (Wildman–Crippen MR) is 240 cm³/mol. The minimum Gasteiger partial charge on any atom is -0.458 e. The van der Waals surface area contributed by atoms with E-state index < -0.39 is 82.6 Å². The van der Waals surface area contributed by atoms with Gasteiger partial charge in [-0.3, -0.25) is 33.6 Å². The molecule has 0 radical (unpaired) electrons. The number of aryl methyl sites for hydroxylation is 1. The average molecular weight is 922 g/mol. The molecule has 4 amide bonds. The van der Waals surface area contributed by atoms with Crippen LogP contribution in [0.4, 0.5) is 15.8 Å². The molecule has 0 spiro atoms. The van der Waals surface area contributed by atoms with E-state index in [0.717, 1.165) is 11.1 Å². The van der Waals surface area contributed by atoms with Crippen molar-refractivity contribution >= 4 is 51.9 Å². The fraction of sp³-hybridized carbons (Fsp3) is 0.370. The molecule has 0 saturated carbocycles. The number of nitrogens with two attached hydrogens (primary N) is 1. The predicted octanol–water partition coefficient (Wildman–Crippen LogP) is -0.357. The smallest absolute Gasteiger partial charge is 0.343 e. The van der Waals surface area contributed by atoms with Gasteiger partial charge in [-0.2, -0.15) is 0 Å². The Morgan fingerprint density at radius 3 is 2.48 bits per heavy atom. The van der Waals surface area contributed by atoms with E-state index in [-0.39, 0.29) is 74.9 Å². The molecule has 1 aliphatic carbocycles. The molecule has 0 fully saturated rings. The van der Waals surface area contributed by atoms with Gasteiger partial charge in [0.15, 0.2) is 5.60 Å². The minimum absolute atomic E-state index is 0.0162. The summed E-state index contributed by atoms with van der Waals surface area (Å²) in [5, 5.41) is 28.1. The Bertz CT molecular complexity index is 2990. The summed E-state index contributed by atoms with van der Waals surface area (Å²) in [5.74, 6) is -3.74. The summed E-state index contributed by atoms with van der Waals surface area (Å²) in [6.07, 6.45) is 0.870. The molecule has 2 aliphatic heterocycles. The molecule has 350 valence electrons. The quantitative estimate of drug-likeness (QED) is 0.0237. The van der Waals surface area contributed by atoms with Gasteiger partial charge in [-0.1, -0.05) is 37.3 Å². The molecule has 0 unspecified atom stereocenters. The fourth-order valence-electron chi connectivity index (χ4n) is 8.93. The third-order valence-corrected chi connectivity index (χ3v) is 12.5. The van der Waals surface area contributed by atoms with Crippen LogP contribution < -0.4 is 54.1 Å². The molecular weight excluding hydrogens is 874 g/mol. The van der Waals surface area contributed by atoms with Crippen molar-refractivity contribution in [2.75, 3.05) is 50.2 Å². The lowest BCUT2D eigenvalue weighted by atomic mass is 9.81. The molecule has 20 nitrogen and oxygen atoms in total. The van der Waals surface area contributed by atoms with E-state index in [1.54, 1.807) is 50.2 Å². The van der Waals surface area contributed by atoms with E-state index in [9.17, 15) is 43.5 Å². The Balaban J connectivity index is 0.904. The highest BCUT2D eigenvalue weighted by Crippen LogP contribution is 2.47. The van der Waals surface area contributed by atoms with Crippen LogP contribution >= 0.6 is 0 Å². The molecule has 9 N–H and O–H groups in total. The van der Waals surface area contributed by atoms with Crippen LogP contribution in [0.25, 0.3) is 22.3 Å². The molecule has 0 bridgehead atoms. The average Bonchev–Trinajstić information content (AvgIpc) is 3.70. The number of hydrogen-bond donors (Lipinski definition) is 8. The van der Waals surface area contributed by atoms with Gasteiger partial charge >= 0.3 is 5.97 Å². The molecule has 67 heavy (non-hydrogen) atoms. The normalized spacial score (nSPS) is 17.1. The Morgan fingerprint density at radius 1 is 0.985 bits per heavy atom. The number of carbonyl (C=O) groups is 5. The second kappa shape index (κ2) is 18.9. The van der Waals surface area contributed by atoms with Crippen LogP contribution in [0.2, 0.25) is 0 Å². The SMILES string of the molecule is CC[C@@]1(O)C(=O)OCc2c1cc1n(c2=O)Cc2c-1nc1cc(F)c(C)c3c1c2[C@@H](Nc1c(NCCOCNC(=O)CNC(=O)[C@H](Cc2ccccc2)NC(=O)CNC(=O)CN)c(=O)c1=O)CC3. The third-order valence-electron chi connectivity index (χ3n) is 12.5. The Kier molecular flexibility index (Phi) is 13.0. The van der Waals surface area contributed by atoms with E-state index in [0.29, 0.717) is 51.8 Å². The number of carbonyl (C=O) groups excluding carboxylic acids is 5. The maximum atomic E-state index is 15.4. The standard InChI is InChI=1S/C46H48FN9O11/c1-3-46(65)27-14-32-38-25(19-56(32)44(63)26(27)20-67-45(46)64)37-29(10-9-24-22(2)28(47)15-30(55-38)36(24)37)54-40-39(41(60)42(40)61)49-11-12-66-21-52-34(58)17-51-43(62)31(13-23-7-5-4-6-8-23)53-35(59)18-50-33(57)16-48/h4-8,14-15,29,31,49,54,65H,3,9-13,16-21,48H2,1-2H3,(H,50,57)(H,51,62)(H,52,58)(H,53,59)/t29-,31-,46-/m0/s1. The van der Waals surface area contributed by atoms with Gasteiger partial charge in [0.25, 0.3) is 16.4 Å². The number of cyclic esters (lactones) is 1. The van der Waals surface area contributed by atoms with Crippen molar-refractivity contribution in [3.05, 3.63) is 118 Å². The van der Waals surface area contributed by atoms with Crippen molar-refractivity contribution in [1.29, 1.82) is 0 Å². The van der Waals surface area contributed by atoms with Crippen LogP contribution in [0, 0.1) is 12.7 Å². The van der Waals surface area contributed by atoms with Crippen LogP contribution in [0.15, 0.2) is 56.8 Å². The van der Waals surface area contributed by atoms with Gasteiger partial charge < -0.3 is 56.8 Å². The summed E-state index contributed by atoms with van der Waals surface area (Å²) in [7, 11) is 0. The number of aromatic nitrogens is 2. The Hall–Kier alpha value is -7.36. The third kappa shape index (κ3) is 8.75. The number of fused-ring (bicyclic) bond motifs is 5. The monoisotopic (exact) mass is 921 g/mol. The number of anilines is 2. The van der Waals surface area contributed by atoms with E-state index in [1.807, 2.05) is 0 Å². The zero-order valence-corrected chi connectivity index (χ0v) is 36.6. The maximum absolute atomic E-state index is 15.4. The molecule has 3 atom stereocenters. The highest BCUT2D eigenvalue weighted by atomic mass is 19.1. The number of aliphatic hydroxyl groups is 1. The number of hydrogen-bond acceptors (Lipinski definition) is 15. The highest BCUT2D eigenvalue weighted by Gasteiger charge is 2.46. The van der Waals surface area contributed by atoms with Crippen molar-refractivity contribution in [3.63, 3.8) is 0 Å². The molecule has 4 heterocycles. The first-order valence-electron chi connectivity index (χ1n) is 21.7. The first-order chi connectivity index (χ1) is 32.1. The molecule has 3 aliphatic rings. The lowest BCUT2D eigenvalue weighted by Gasteiger charge is -2.31. The van der Waals surface area contributed by atoms with Crippen LogP contribution in [0.3, 0.4) is 0 Å². The summed E-state index contributed by atoms with van der Waals surface area (Å²) < 4.78 is 27.6. The van der Waals surface area contributed by atoms with Crippen molar-refractivity contribution in [2.24, 2.45) is 5.73 Å². The summed E-state index contributed by atoms with van der Waals surface area (Å²) in [6, 6.07) is 10.1. The summed E-state index contributed by atoms with van der Waals surface area (Å²) in [6.45, 7) is 1.65. The number of nitrogens with one attached hydrogen (secondary N) is 6. The first-order valence-corrected chi connectivity index (χ1v) is 21.7. The lowest BCUT2D eigenvalue weighted by Crippen LogP contribution is -2.52. The van der Waals surface area contributed by atoms with Crippen molar-refractivity contribution in [2.45, 2.75) is 70.4 Å². The molecule has 21 heteroatoms. The number of rotatable bonds is 18. The van der Waals surface area contributed by atoms with E-state index in [2.05, 4.69) is 31.9 Å². The number of benzene rings is 2. The molecule has 2 aromatic heterocycles. The number of ether oxygens (including phenoxy) is 2. The van der Waals surface area contributed by atoms with Gasteiger partial charge in [-0.25, -0.2) is 14.2 Å². The van der Waals surface area contributed by atoms with Crippen LogP contribution in [-0.4, -0.2) is 89.8 Å². The molecule has 0 saturated heterocycles. The summed E-state index contributed by atoms with van der Waals surface area (Å²) in [5.41, 5.74) is 5.84. The molecule has 5 aromatic rings. The van der Waals surface area contributed by atoms with Crippen LogP contribution in [0.5, 0.6) is 0 Å². The Labute approximate surface area is 380 Å². The van der Waals surface area contributed by atoms with Gasteiger partial charge in [0.2, 0.25) is 23.6 Å². The number of halogens is 1. The number of amides is 4. The molecule has 8 rings (SSSR count). The maximum Gasteiger partial charge on any atom is 0.343 e. The van der Waals surface area contributed by atoms with E-state index >= 15 is 4.39 Å². The highest BCUT2D eigenvalue weighted by molar-refractivity contribution is 5.95.